The molecule has 36 heavy (non-hydrogen) atoms. The van der Waals surface area contributed by atoms with Crippen LogP contribution in [-0.2, 0) is 28.4 Å². The van der Waals surface area contributed by atoms with Gasteiger partial charge in [-0.1, -0.05) is 18.2 Å². The maximum Gasteiger partial charge on any atom is 0.277 e. The number of carbonyl (C=O) groups is 2. The second kappa shape index (κ2) is 6.61. The zero-order valence-electron chi connectivity index (χ0n) is 20.0. The monoisotopic (exact) mass is 492 g/mol. The third-order valence-electron chi connectivity index (χ3n) is 8.53. The number of ether oxygens (including phenoxy) is 7. The van der Waals surface area contributed by atoms with Crippen LogP contribution in [-0.4, -0.2) is 68.1 Å². The van der Waals surface area contributed by atoms with Crippen molar-refractivity contribution >= 4 is 11.6 Å². The standard InChI is InChI=1S/C27H24O9/c1-12-6-4-7-14-16(12)20(29)18-15(19(14)28)10-13(2)17-21(18)34-26(30-3)23-22(17)35-27(36-23,25(26)11-33-25)24-31-8-5-9-32-24/h4,6-7,10,22-24H,5,8-9,11H2,1-3H3/t22?,23?,25?,26?,27-/m1/s1. The average Bonchev–Trinajstić information content (AvgIpc) is 3.54. The Labute approximate surface area is 206 Å². The van der Waals surface area contributed by atoms with Crippen molar-refractivity contribution in [1.29, 1.82) is 0 Å². The highest BCUT2D eigenvalue weighted by Crippen LogP contribution is 2.71. The summed E-state index contributed by atoms with van der Waals surface area (Å²) in [4.78, 5) is 27.5. The Kier molecular flexibility index (Phi) is 3.93. The van der Waals surface area contributed by atoms with E-state index < -0.39 is 35.7 Å². The number of hydrogen-bond acceptors (Lipinski definition) is 9. The van der Waals surface area contributed by atoms with Crippen molar-refractivity contribution in [2.75, 3.05) is 26.9 Å². The largest absolute Gasteiger partial charge is 0.455 e. The van der Waals surface area contributed by atoms with Crippen molar-refractivity contribution in [1.82, 2.24) is 0 Å². The molecular weight excluding hydrogens is 468 g/mol. The van der Waals surface area contributed by atoms with Crippen LogP contribution in [0.4, 0.5) is 0 Å². The summed E-state index contributed by atoms with van der Waals surface area (Å²) >= 11 is 0. The SMILES string of the molecule is COC12Oc3c4c(cc(C)c3C3O[C@](C5OCCCO5)(OC31)C21CO1)C(=O)c1cccc(C)c1C4=O. The quantitative estimate of drug-likeness (QED) is 0.500. The molecule has 2 aromatic rings. The van der Waals surface area contributed by atoms with Crippen LogP contribution in [0, 0.1) is 13.8 Å². The predicted octanol–water partition coefficient (Wildman–Crippen LogP) is 2.51. The van der Waals surface area contributed by atoms with E-state index in [1.54, 1.807) is 18.2 Å². The number of ketones is 2. The first-order chi connectivity index (χ1) is 17.4. The lowest BCUT2D eigenvalue weighted by Gasteiger charge is -2.50. The highest BCUT2D eigenvalue weighted by molar-refractivity contribution is 6.30. The molecule has 2 bridgehead atoms. The van der Waals surface area contributed by atoms with Crippen molar-refractivity contribution in [2.24, 2.45) is 0 Å². The van der Waals surface area contributed by atoms with Crippen molar-refractivity contribution in [3.63, 3.8) is 0 Å². The first kappa shape index (κ1) is 21.4. The van der Waals surface area contributed by atoms with Gasteiger partial charge in [-0.2, -0.15) is 0 Å². The molecule has 5 aliphatic heterocycles. The van der Waals surface area contributed by atoms with Gasteiger partial charge in [-0.15, -0.1) is 0 Å². The summed E-state index contributed by atoms with van der Waals surface area (Å²) in [6, 6.07) is 7.06. The van der Waals surface area contributed by atoms with E-state index in [-0.39, 0.29) is 23.7 Å². The Hall–Kier alpha value is -2.66. The fourth-order valence-electron chi connectivity index (χ4n) is 6.87. The molecule has 4 saturated heterocycles. The van der Waals surface area contributed by atoms with Crippen LogP contribution >= 0.6 is 0 Å². The smallest absolute Gasteiger partial charge is 0.277 e. The first-order valence-electron chi connectivity index (χ1n) is 12.2. The Morgan fingerprint density at radius 3 is 2.47 bits per heavy atom. The molecule has 4 unspecified atom stereocenters. The van der Waals surface area contributed by atoms with Crippen molar-refractivity contribution in [3.8, 4) is 5.75 Å². The molecule has 0 aromatic heterocycles. The van der Waals surface area contributed by atoms with E-state index >= 15 is 0 Å². The number of hydrogen-bond donors (Lipinski definition) is 0. The summed E-state index contributed by atoms with van der Waals surface area (Å²) in [5, 5.41) is 0. The summed E-state index contributed by atoms with van der Waals surface area (Å²) < 4.78 is 43.9. The Morgan fingerprint density at radius 1 is 0.972 bits per heavy atom. The predicted molar refractivity (Wildman–Crippen MR) is 120 cm³/mol. The molecule has 0 amide bonds. The van der Waals surface area contributed by atoms with Crippen LogP contribution in [0.15, 0.2) is 24.3 Å². The lowest BCUT2D eigenvalue weighted by atomic mass is 9.75. The summed E-state index contributed by atoms with van der Waals surface area (Å²) in [5.74, 6) is -2.97. The number of methoxy groups -OCH3 is 1. The summed E-state index contributed by atoms with van der Waals surface area (Å²) in [5.41, 5.74) is 2.35. The summed E-state index contributed by atoms with van der Waals surface area (Å²) in [6.45, 7) is 4.96. The Bertz CT molecular complexity index is 1390. The van der Waals surface area contributed by atoms with E-state index in [1.165, 1.54) is 7.11 Å². The lowest BCUT2D eigenvalue weighted by Crippen LogP contribution is -2.70. The van der Waals surface area contributed by atoms with Gasteiger partial charge in [0.15, 0.2) is 17.7 Å². The molecule has 1 aliphatic carbocycles. The Balaban J connectivity index is 1.36. The van der Waals surface area contributed by atoms with Crippen LogP contribution in [0.25, 0.3) is 0 Å². The maximum absolute atomic E-state index is 13.9. The number of benzene rings is 2. The molecule has 0 radical (unpaired) electrons. The van der Waals surface area contributed by atoms with Crippen molar-refractivity contribution in [3.05, 3.63) is 63.2 Å². The van der Waals surface area contributed by atoms with Crippen LogP contribution in [0.3, 0.4) is 0 Å². The van der Waals surface area contributed by atoms with Gasteiger partial charge < -0.3 is 33.2 Å². The molecule has 9 nitrogen and oxygen atoms in total. The van der Waals surface area contributed by atoms with Gasteiger partial charge in [0, 0.05) is 29.4 Å². The minimum atomic E-state index is -1.41. The Morgan fingerprint density at radius 2 is 1.75 bits per heavy atom. The van der Waals surface area contributed by atoms with Gasteiger partial charge in [0.25, 0.3) is 11.6 Å². The van der Waals surface area contributed by atoms with E-state index in [1.807, 2.05) is 19.9 Å². The summed E-state index contributed by atoms with van der Waals surface area (Å²) in [6.07, 6.45) is -1.38. The number of epoxide rings is 1. The van der Waals surface area contributed by atoms with E-state index in [0.717, 1.165) is 17.5 Å². The lowest BCUT2D eigenvalue weighted by molar-refractivity contribution is -0.365. The normalized spacial score (nSPS) is 37.5. The number of aryl methyl sites for hydroxylation is 2. The zero-order chi connectivity index (χ0) is 24.6. The van der Waals surface area contributed by atoms with Crippen LogP contribution in [0.1, 0.15) is 61.1 Å². The number of carbonyl (C=O) groups excluding carboxylic acids is 2. The topological polar surface area (TPSA) is 102 Å². The molecule has 5 atom stereocenters. The summed E-state index contributed by atoms with van der Waals surface area (Å²) in [7, 11) is 1.53. The molecule has 186 valence electrons. The molecule has 5 heterocycles. The fourth-order valence-corrected chi connectivity index (χ4v) is 6.87. The molecule has 2 aromatic carbocycles. The van der Waals surface area contributed by atoms with Crippen molar-refractivity contribution in [2.45, 2.75) is 55.9 Å². The highest BCUT2D eigenvalue weighted by atomic mass is 16.9. The second-order valence-electron chi connectivity index (χ2n) is 10.3. The van der Waals surface area contributed by atoms with Gasteiger partial charge in [0.2, 0.25) is 11.9 Å². The van der Waals surface area contributed by atoms with Crippen LogP contribution in [0.5, 0.6) is 5.75 Å². The number of fused-ring (bicyclic) bond motifs is 8. The van der Waals surface area contributed by atoms with Gasteiger partial charge in [-0.05, 0) is 37.5 Å². The molecule has 4 fully saturated rings. The van der Waals surface area contributed by atoms with Gasteiger partial charge in [-0.3, -0.25) is 9.59 Å². The van der Waals surface area contributed by atoms with Gasteiger partial charge in [0.05, 0.1) is 25.4 Å². The van der Waals surface area contributed by atoms with Gasteiger partial charge in [-0.25, -0.2) is 0 Å². The van der Waals surface area contributed by atoms with Crippen molar-refractivity contribution < 1.29 is 42.7 Å². The van der Waals surface area contributed by atoms with E-state index in [0.29, 0.717) is 41.2 Å². The molecule has 6 aliphatic rings. The number of rotatable bonds is 2. The molecule has 0 N–H and O–H groups in total. The van der Waals surface area contributed by atoms with E-state index in [2.05, 4.69) is 0 Å². The zero-order valence-corrected chi connectivity index (χ0v) is 20.0. The molecule has 1 spiro atoms. The van der Waals surface area contributed by atoms with E-state index in [4.69, 9.17) is 33.2 Å². The van der Waals surface area contributed by atoms with E-state index in [9.17, 15) is 9.59 Å². The highest BCUT2D eigenvalue weighted by Gasteiger charge is 2.93. The third-order valence-corrected chi connectivity index (χ3v) is 8.53. The molecule has 8 rings (SSSR count). The maximum atomic E-state index is 13.9. The molecule has 9 heteroatoms. The molecular formula is C27H24O9. The molecule has 0 saturated carbocycles. The average molecular weight is 492 g/mol. The van der Waals surface area contributed by atoms with Crippen LogP contribution < -0.4 is 4.74 Å². The fraction of sp³-hybridized carbons (Fsp3) is 0.481. The van der Waals surface area contributed by atoms with Crippen LogP contribution in [0.2, 0.25) is 0 Å². The first-order valence-corrected chi connectivity index (χ1v) is 12.2. The third kappa shape index (κ3) is 2.13. The van der Waals surface area contributed by atoms with Gasteiger partial charge in [0.1, 0.15) is 11.9 Å². The minimum absolute atomic E-state index is 0.209. The minimum Gasteiger partial charge on any atom is -0.455 e. The van der Waals surface area contributed by atoms with Gasteiger partial charge >= 0.3 is 0 Å². The second-order valence-corrected chi connectivity index (χ2v) is 10.3.